The first-order valence-electron chi connectivity index (χ1n) is 5.09. The predicted octanol–water partition coefficient (Wildman–Crippen LogP) is -0.602. The van der Waals surface area contributed by atoms with Gasteiger partial charge in [-0.2, -0.15) is 0 Å². The van der Waals surface area contributed by atoms with Crippen molar-refractivity contribution >= 4 is 21.6 Å². The monoisotopic (exact) mass is 255 g/mol. The maximum atomic E-state index is 11.7. The lowest BCUT2D eigenvalue weighted by atomic mass is 10.3. The first kappa shape index (κ1) is 12.0. The largest absolute Gasteiger partial charge is 0.320 e. The molecule has 1 amide bonds. The third-order valence-electron chi connectivity index (χ3n) is 2.70. The summed E-state index contributed by atoms with van der Waals surface area (Å²) in [6.45, 7) is 0.494. The fourth-order valence-corrected chi connectivity index (χ4v) is 2.34. The summed E-state index contributed by atoms with van der Waals surface area (Å²) in [4.78, 5) is 13.1. The highest BCUT2D eigenvalue weighted by molar-refractivity contribution is 7.89. The molecule has 0 spiro atoms. The first-order valence-corrected chi connectivity index (χ1v) is 6.64. The standard InChI is InChI=1S/C10H13N3O3S/c11-9-4-5-13(10(9)14)7-2-1-3-8(6-7)17(12,15)16/h1-3,6,9H,4-5,11H2,(H2,12,15,16). The van der Waals surface area contributed by atoms with Crippen LogP contribution in [0.4, 0.5) is 5.69 Å². The molecule has 6 nitrogen and oxygen atoms in total. The van der Waals surface area contributed by atoms with E-state index in [1.54, 1.807) is 12.1 Å². The summed E-state index contributed by atoms with van der Waals surface area (Å²) in [7, 11) is -3.76. The van der Waals surface area contributed by atoms with Crippen LogP contribution < -0.4 is 15.8 Å². The van der Waals surface area contributed by atoms with Gasteiger partial charge in [0, 0.05) is 12.2 Å². The molecular formula is C10H13N3O3S. The zero-order chi connectivity index (χ0) is 12.6. The number of benzene rings is 1. The molecule has 2 rings (SSSR count). The molecule has 0 aromatic heterocycles. The first-order chi connectivity index (χ1) is 7.89. The number of carbonyl (C=O) groups is 1. The van der Waals surface area contributed by atoms with Crippen molar-refractivity contribution in [3.05, 3.63) is 24.3 Å². The zero-order valence-corrected chi connectivity index (χ0v) is 9.85. The average molecular weight is 255 g/mol. The van der Waals surface area contributed by atoms with Crippen LogP contribution in [0.25, 0.3) is 0 Å². The van der Waals surface area contributed by atoms with E-state index in [0.717, 1.165) is 0 Å². The van der Waals surface area contributed by atoms with Gasteiger partial charge in [-0.3, -0.25) is 4.79 Å². The Morgan fingerprint density at radius 1 is 1.35 bits per heavy atom. The number of carbonyl (C=O) groups excluding carboxylic acids is 1. The molecule has 0 radical (unpaired) electrons. The number of hydrogen-bond acceptors (Lipinski definition) is 4. The van der Waals surface area contributed by atoms with E-state index < -0.39 is 16.1 Å². The molecule has 1 fully saturated rings. The molecular weight excluding hydrogens is 242 g/mol. The van der Waals surface area contributed by atoms with Crippen LogP contribution >= 0.6 is 0 Å². The molecule has 17 heavy (non-hydrogen) atoms. The van der Waals surface area contributed by atoms with Crippen molar-refractivity contribution < 1.29 is 13.2 Å². The SMILES string of the molecule is NC1CCN(c2cccc(S(N)(=O)=O)c2)C1=O. The van der Waals surface area contributed by atoms with Gasteiger partial charge in [0.05, 0.1) is 10.9 Å². The average Bonchev–Trinajstić information content (AvgIpc) is 2.59. The lowest BCUT2D eigenvalue weighted by Gasteiger charge is -2.16. The summed E-state index contributed by atoms with van der Waals surface area (Å²) < 4.78 is 22.4. The van der Waals surface area contributed by atoms with E-state index in [0.29, 0.717) is 18.7 Å². The summed E-state index contributed by atoms with van der Waals surface area (Å²) >= 11 is 0. The number of hydrogen-bond donors (Lipinski definition) is 2. The van der Waals surface area contributed by atoms with Gasteiger partial charge in [0.2, 0.25) is 15.9 Å². The van der Waals surface area contributed by atoms with Crippen LogP contribution in [-0.4, -0.2) is 26.9 Å². The Labute approximate surface area is 99.2 Å². The highest BCUT2D eigenvalue weighted by Gasteiger charge is 2.29. The van der Waals surface area contributed by atoms with E-state index in [-0.39, 0.29) is 10.8 Å². The van der Waals surface area contributed by atoms with Crippen LogP contribution in [0.15, 0.2) is 29.2 Å². The molecule has 1 aromatic carbocycles. The highest BCUT2D eigenvalue weighted by atomic mass is 32.2. The van der Waals surface area contributed by atoms with E-state index in [1.807, 2.05) is 0 Å². The van der Waals surface area contributed by atoms with Crippen molar-refractivity contribution in [2.75, 3.05) is 11.4 Å². The number of primary sulfonamides is 1. The second-order valence-corrected chi connectivity index (χ2v) is 5.49. The lowest BCUT2D eigenvalue weighted by Crippen LogP contribution is -2.34. The van der Waals surface area contributed by atoms with Crippen LogP contribution in [0.3, 0.4) is 0 Å². The molecule has 4 N–H and O–H groups in total. The Hall–Kier alpha value is -1.44. The van der Waals surface area contributed by atoms with Gasteiger partial charge in [-0.05, 0) is 24.6 Å². The number of amides is 1. The Balaban J connectivity index is 2.38. The van der Waals surface area contributed by atoms with Crippen LogP contribution in [-0.2, 0) is 14.8 Å². The van der Waals surface area contributed by atoms with Crippen LogP contribution in [0.1, 0.15) is 6.42 Å². The van der Waals surface area contributed by atoms with Crippen molar-refractivity contribution in [3.8, 4) is 0 Å². The van der Waals surface area contributed by atoms with Crippen molar-refractivity contribution in [1.82, 2.24) is 0 Å². The van der Waals surface area contributed by atoms with Gasteiger partial charge in [0.15, 0.2) is 0 Å². The third kappa shape index (κ3) is 2.31. The van der Waals surface area contributed by atoms with Crippen molar-refractivity contribution in [1.29, 1.82) is 0 Å². The van der Waals surface area contributed by atoms with Gasteiger partial charge in [-0.25, -0.2) is 13.6 Å². The number of anilines is 1. The maximum absolute atomic E-state index is 11.7. The van der Waals surface area contributed by atoms with Gasteiger partial charge in [-0.15, -0.1) is 0 Å². The lowest BCUT2D eigenvalue weighted by molar-refractivity contribution is -0.118. The zero-order valence-electron chi connectivity index (χ0n) is 9.04. The van der Waals surface area contributed by atoms with Gasteiger partial charge in [0.25, 0.3) is 0 Å². The van der Waals surface area contributed by atoms with Gasteiger partial charge in [0.1, 0.15) is 0 Å². The van der Waals surface area contributed by atoms with E-state index >= 15 is 0 Å². The second kappa shape index (κ2) is 4.10. The molecule has 0 aliphatic carbocycles. The second-order valence-electron chi connectivity index (χ2n) is 3.93. The number of rotatable bonds is 2. The fraction of sp³-hybridized carbons (Fsp3) is 0.300. The fourth-order valence-electron chi connectivity index (χ4n) is 1.79. The van der Waals surface area contributed by atoms with Crippen LogP contribution in [0.5, 0.6) is 0 Å². The summed E-state index contributed by atoms with van der Waals surface area (Å²) in [6.07, 6.45) is 0.568. The van der Waals surface area contributed by atoms with E-state index in [2.05, 4.69) is 0 Å². The molecule has 0 bridgehead atoms. The molecule has 1 aromatic rings. The van der Waals surface area contributed by atoms with Gasteiger partial charge in [-0.1, -0.05) is 6.07 Å². The topological polar surface area (TPSA) is 106 Å². The van der Waals surface area contributed by atoms with Gasteiger partial charge >= 0.3 is 0 Å². The smallest absolute Gasteiger partial charge is 0.243 e. The quantitative estimate of drug-likeness (QED) is 0.735. The Morgan fingerprint density at radius 3 is 2.59 bits per heavy atom. The molecule has 92 valence electrons. The Kier molecular flexibility index (Phi) is 2.90. The van der Waals surface area contributed by atoms with Crippen molar-refractivity contribution in [3.63, 3.8) is 0 Å². The minimum Gasteiger partial charge on any atom is -0.320 e. The number of nitrogens with zero attached hydrogens (tertiary/aromatic N) is 1. The molecule has 1 aliphatic heterocycles. The van der Waals surface area contributed by atoms with E-state index in [4.69, 9.17) is 10.9 Å². The molecule has 1 heterocycles. The van der Waals surface area contributed by atoms with Crippen LogP contribution in [0.2, 0.25) is 0 Å². The Morgan fingerprint density at radius 2 is 2.06 bits per heavy atom. The van der Waals surface area contributed by atoms with E-state index in [9.17, 15) is 13.2 Å². The summed E-state index contributed by atoms with van der Waals surface area (Å²) in [6, 6.07) is 5.47. The van der Waals surface area contributed by atoms with Gasteiger partial charge < -0.3 is 10.6 Å². The van der Waals surface area contributed by atoms with Crippen molar-refractivity contribution in [2.45, 2.75) is 17.4 Å². The van der Waals surface area contributed by atoms with Crippen LogP contribution in [0, 0.1) is 0 Å². The minimum atomic E-state index is -3.76. The number of sulfonamides is 1. The highest BCUT2D eigenvalue weighted by Crippen LogP contribution is 2.23. The molecule has 1 saturated heterocycles. The molecule has 1 unspecified atom stereocenters. The minimum absolute atomic E-state index is 0.0109. The summed E-state index contributed by atoms with van der Waals surface area (Å²) in [5.41, 5.74) is 6.10. The summed E-state index contributed by atoms with van der Waals surface area (Å²) in [5, 5.41) is 5.03. The van der Waals surface area contributed by atoms with E-state index in [1.165, 1.54) is 17.0 Å². The molecule has 7 heteroatoms. The molecule has 1 aliphatic rings. The summed E-state index contributed by atoms with van der Waals surface area (Å²) in [5.74, 6) is -0.198. The Bertz CT molecular complexity index is 556. The third-order valence-corrected chi connectivity index (χ3v) is 3.62. The predicted molar refractivity (Wildman–Crippen MR) is 62.8 cm³/mol. The normalized spacial score (nSPS) is 20.9. The maximum Gasteiger partial charge on any atom is 0.243 e. The van der Waals surface area contributed by atoms with Crippen molar-refractivity contribution in [2.24, 2.45) is 10.9 Å². The molecule has 1 atom stereocenters. The molecule has 0 saturated carbocycles. The number of nitrogens with two attached hydrogens (primary N) is 2.